The predicted octanol–water partition coefficient (Wildman–Crippen LogP) is 1.80. The first-order valence-corrected chi connectivity index (χ1v) is 8.74. The second-order valence-corrected chi connectivity index (χ2v) is 6.43. The van der Waals surface area contributed by atoms with Crippen LogP contribution in [-0.2, 0) is 9.47 Å². The standard InChI is InChI=1S/C18H25N3O4/c1-24-17(22)14-4-2-5-15(12-14)19-18(23)21-9-7-20(8-10-21)13-16-6-3-11-25-16/h2,4-5,12,16H,3,6-11,13H2,1H3,(H,19,23). The smallest absolute Gasteiger partial charge is 0.337 e. The quantitative estimate of drug-likeness (QED) is 0.841. The van der Waals surface area contributed by atoms with Gasteiger partial charge in [-0.2, -0.15) is 0 Å². The number of carbonyl (C=O) groups is 2. The molecule has 2 saturated heterocycles. The Hall–Kier alpha value is -2.12. The highest BCUT2D eigenvalue weighted by Crippen LogP contribution is 2.16. The number of piperazine rings is 1. The van der Waals surface area contributed by atoms with E-state index in [1.807, 2.05) is 0 Å². The molecule has 25 heavy (non-hydrogen) atoms. The molecule has 2 heterocycles. The topological polar surface area (TPSA) is 71.1 Å². The highest BCUT2D eigenvalue weighted by Gasteiger charge is 2.25. The monoisotopic (exact) mass is 347 g/mol. The Bertz CT molecular complexity index is 608. The first-order valence-electron chi connectivity index (χ1n) is 8.74. The molecule has 1 aromatic rings. The lowest BCUT2D eigenvalue weighted by molar-refractivity contribution is 0.0571. The summed E-state index contributed by atoms with van der Waals surface area (Å²) >= 11 is 0. The Morgan fingerprint density at radius 3 is 2.76 bits per heavy atom. The number of hydrogen-bond acceptors (Lipinski definition) is 5. The van der Waals surface area contributed by atoms with Crippen molar-refractivity contribution >= 4 is 17.7 Å². The summed E-state index contributed by atoms with van der Waals surface area (Å²) in [7, 11) is 1.34. The average molecular weight is 347 g/mol. The summed E-state index contributed by atoms with van der Waals surface area (Å²) in [5, 5.41) is 2.85. The van der Waals surface area contributed by atoms with E-state index in [0.29, 0.717) is 30.4 Å². The molecule has 136 valence electrons. The molecule has 1 N–H and O–H groups in total. The lowest BCUT2D eigenvalue weighted by atomic mass is 10.2. The van der Waals surface area contributed by atoms with E-state index < -0.39 is 5.97 Å². The van der Waals surface area contributed by atoms with Gasteiger partial charge in [-0.15, -0.1) is 0 Å². The van der Waals surface area contributed by atoms with Crippen molar-refractivity contribution in [2.24, 2.45) is 0 Å². The van der Waals surface area contributed by atoms with Crippen molar-refractivity contribution in [2.45, 2.75) is 18.9 Å². The molecule has 0 bridgehead atoms. The van der Waals surface area contributed by atoms with E-state index in [1.165, 1.54) is 7.11 Å². The number of hydrogen-bond donors (Lipinski definition) is 1. The molecule has 3 rings (SSSR count). The van der Waals surface area contributed by atoms with Gasteiger partial charge in [-0.1, -0.05) is 6.07 Å². The molecule has 1 atom stereocenters. The highest BCUT2D eigenvalue weighted by molar-refractivity contribution is 5.93. The Morgan fingerprint density at radius 1 is 1.28 bits per heavy atom. The molecular weight excluding hydrogens is 322 g/mol. The number of nitrogens with zero attached hydrogens (tertiary/aromatic N) is 2. The molecule has 2 aliphatic heterocycles. The number of rotatable bonds is 4. The number of carbonyl (C=O) groups excluding carboxylic acids is 2. The van der Waals surface area contributed by atoms with Crippen molar-refractivity contribution in [1.29, 1.82) is 0 Å². The normalized spacial score (nSPS) is 21.2. The van der Waals surface area contributed by atoms with Crippen LogP contribution in [0.15, 0.2) is 24.3 Å². The summed E-state index contributed by atoms with van der Waals surface area (Å²) in [6.07, 6.45) is 2.64. The third-order valence-corrected chi connectivity index (χ3v) is 4.68. The lowest BCUT2D eigenvalue weighted by Crippen LogP contribution is -2.51. The minimum absolute atomic E-state index is 0.140. The van der Waals surface area contributed by atoms with Crippen molar-refractivity contribution in [2.75, 3.05) is 51.8 Å². The number of methoxy groups -OCH3 is 1. The van der Waals surface area contributed by atoms with E-state index in [1.54, 1.807) is 29.2 Å². The zero-order chi connectivity index (χ0) is 17.6. The molecular formula is C18H25N3O4. The zero-order valence-corrected chi connectivity index (χ0v) is 14.6. The number of urea groups is 1. The molecule has 2 aliphatic rings. The van der Waals surface area contributed by atoms with Crippen LogP contribution in [0.1, 0.15) is 23.2 Å². The van der Waals surface area contributed by atoms with Gasteiger partial charge < -0.3 is 19.7 Å². The molecule has 0 radical (unpaired) electrons. The maximum absolute atomic E-state index is 12.4. The van der Waals surface area contributed by atoms with E-state index >= 15 is 0 Å². The number of esters is 1. The largest absolute Gasteiger partial charge is 0.465 e. The molecule has 2 amide bonds. The number of anilines is 1. The van der Waals surface area contributed by atoms with Crippen LogP contribution in [0.4, 0.5) is 10.5 Å². The minimum atomic E-state index is -0.418. The molecule has 0 aliphatic carbocycles. The maximum Gasteiger partial charge on any atom is 0.337 e. The van der Waals surface area contributed by atoms with Crippen LogP contribution in [0.2, 0.25) is 0 Å². The van der Waals surface area contributed by atoms with Crippen molar-refractivity contribution in [3.8, 4) is 0 Å². The van der Waals surface area contributed by atoms with Crippen LogP contribution in [0, 0.1) is 0 Å². The Balaban J connectivity index is 1.48. The second-order valence-electron chi connectivity index (χ2n) is 6.43. The summed E-state index contributed by atoms with van der Waals surface area (Å²) in [5.41, 5.74) is 1.01. The summed E-state index contributed by atoms with van der Waals surface area (Å²) in [4.78, 5) is 28.2. The number of benzene rings is 1. The van der Waals surface area contributed by atoms with Gasteiger partial charge in [-0.3, -0.25) is 4.90 Å². The number of nitrogens with one attached hydrogen (secondary N) is 1. The van der Waals surface area contributed by atoms with Gasteiger partial charge in [0.25, 0.3) is 0 Å². The number of ether oxygens (including phenoxy) is 2. The molecule has 7 nitrogen and oxygen atoms in total. The second kappa shape index (κ2) is 8.31. The first kappa shape index (κ1) is 17.7. The zero-order valence-electron chi connectivity index (χ0n) is 14.6. The molecule has 7 heteroatoms. The van der Waals surface area contributed by atoms with Crippen molar-refractivity contribution in [3.63, 3.8) is 0 Å². The average Bonchev–Trinajstić information content (AvgIpc) is 3.15. The minimum Gasteiger partial charge on any atom is -0.465 e. The van der Waals surface area contributed by atoms with E-state index in [0.717, 1.165) is 39.1 Å². The van der Waals surface area contributed by atoms with E-state index in [4.69, 9.17) is 9.47 Å². The molecule has 1 aromatic carbocycles. The van der Waals surface area contributed by atoms with Gasteiger partial charge in [0.05, 0.1) is 18.8 Å². The molecule has 2 fully saturated rings. The van der Waals surface area contributed by atoms with Crippen LogP contribution >= 0.6 is 0 Å². The van der Waals surface area contributed by atoms with E-state index in [2.05, 4.69) is 10.2 Å². The molecule has 0 aromatic heterocycles. The fourth-order valence-electron chi connectivity index (χ4n) is 3.25. The highest BCUT2D eigenvalue weighted by atomic mass is 16.5. The van der Waals surface area contributed by atoms with Gasteiger partial charge >= 0.3 is 12.0 Å². The summed E-state index contributed by atoms with van der Waals surface area (Å²) in [6, 6.07) is 6.63. The van der Waals surface area contributed by atoms with Crippen molar-refractivity contribution in [3.05, 3.63) is 29.8 Å². The Labute approximate surface area is 147 Å². The van der Waals surface area contributed by atoms with Crippen LogP contribution in [0.5, 0.6) is 0 Å². The van der Waals surface area contributed by atoms with Gasteiger partial charge in [-0.25, -0.2) is 9.59 Å². The van der Waals surface area contributed by atoms with Crippen LogP contribution in [0.25, 0.3) is 0 Å². The fraction of sp³-hybridized carbons (Fsp3) is 0.556. The van der Waals surface area contributed by atoms with Gasteiger partial charge in [0.1, 0.15) is 0 Å². The molecule has 0 saturated carbocycles. The van der Waals surface area contributed by atoms with Gasteiger partial charge in [0.2, 0.25) is 0 Å². The maximum atomic E-state index is 12.4. The summed E-state index contributed by atoms with van der Waals surface area (Å²) in [6.45, 7) is 4.92. The summed E-state index contributed by atoms with van der Waals surface area (Å²) < 4.78 is 10.4. The van der Waals surface area contributed by atoms with E-state index in [9.17, 15) is 9.59 Å². The van der Waals surface area contributed by atoms with Gasteiger partial charge in [0.15, 0.2) is 0 Å². The summed E-state index contributed by atoms with van der Waals surface area (Å²) in [5.74, 6) is -0.418. The predicted molar refractivity (Wildman–Crippen MR) is 93.8 cm³/mol. The van der Waals surface area contributed by atoms with Gasteiger partial charge in [-0.05, 0) is 31.0 Å². The first-order chi connectivity index (χ1) is 12.2. The SMILES string of the molecule is COC(=O)c1cccc(NC(=O)N2CCN(CC3CCCO3)CC2)c1. The van der Waals surface area contributed by atoms with E-state index in [-0.39, 0.29) is 6.03 Å². The van der Waals surface area contributed by atoms with Crippen LogP contribution in [-0.4, -0.2) is 74.3 Å². The third kappa shape index (κ3) is 4.70. The van der Waals surface area contributed by atoms with Crippen LogP contribution < -0.4 is 5.32 Å². The van der Waals surface area contributed by atoms with Crippen LogP contribution in [0.3, 0.4) is 0 Å². The Kier molecular flexibility index (Phi) is 5.88. The molecule has 1 unspecified atom stereocenters. The van der Waals surface area contributed by atoms with Crippen molar-refractivity contribution in [1.82, 2.24) is 9.80 Å². The van der Waals surface area contributed by atoms with Crippen molar-refractivity contribution < 1.29 is 19.1 Å². The third-order valence-electron chi connectivity index (χ3n) is 4.68. The Morgan fingerprint density at radius 2 is 2.08 bits per heavy atom. The molecule has 0 spiro atoms. The number of amides is 2. The lowest BCUT2D eigenvalue weighted by Gasteiger charge is -2.35. The van der Waals surface area contributed by atoms with Gasteiger partial charge in [0, 0.05) is 45.0 Å². The fourth-order valence-corrected chi connectivity index (χ4v) is 3.25.